The van der Waals surface area contributed by atoms with E-state index >= 15 is 0 Å². The second-order valence-electron chi connectivity index (χ2n) is 7.49. The van der Waals surface area contributed by atoms with Crippen LogP contribution in [0, 0.1) is 41.5 Å². The number of rotatable bonds is 4. The van der Waals surface area contributed by atoms with Crippen LogP contribution in [0.1, 0.15) is 56.2 Å². The van der Waals surface area contributed by atoms with E-state index in [9.17, 15) is 0 Å². The summed E-state index contributed by atoms with van der Waals surface area (Å²) in [6.45, 7) is 12.8. The van der Waals surface area contributed by atoms with Crippen LogP contribution in [-0.4, -0.2) is 9.97 Å². The first-order valence-electron chi connectivity index (χ1n) is 9.28. The van der Waals surface area contributed by atoms with Gasteiger partial charge in [-0.05, 0) is 74.9 Å². The lowest BCUT2D eigenvalue weighted by atomic mass is 9.96. The lowest BCUT2D eigenvalue weighted by Crippen LogP contribution is -2.07. The normalized spacial score (nSPS) is 11.0. The smallest absolute Gasteiger partial charge is 0.125 e. The molecular weight excluding hydrogens is 316 g/mol. The topological polar surface area (TPSA) is 25.8 Å². The zero-order chi connectivity index (χ0) is 18.8. The quantitative estimate of drug-likeness (QED) is 0.624. The molecule has 134 valence electrons. The first-order valence-corrected chi connectivity index (χ1v) is 9.28. The first kappa shape index (κ1) is 18.3. The molecule has 1 aromatic heterocycles. The van der Waals surface area contributed by atoms with E-state index in [4.69, 9.17) is 9.97 Å². The van der Waals surface area contributed by atoms with E-state index in [-0.39, 0.29) is 0 Å². The van der Waals surface area contributed by atoms with E-state index < -0.39 is 0 Å². The fourth-order valence-corrected chi connectivity index (χ4v) is 3.37. The molecule has 2 nitrogen and oxygen atoms in total. The van der Waals surface area contributed by atoms with Crippen LogP contribution in [0.2, 0.25) is 0 Å². The maximum Gasteiger partial charge on any atom is 0.125 e. The lowest BCUT2D eigenvalue weighted by Gasteiger charge is -2.14. The van der Waals surface area contributed by atoms with Gasteiger partial charge in [0.25, 0.3) is 0 Å². The predicted molar refractivity (Wildman–Crippen MR) is 109 cm³/mol. The predicted octanol–water partition coefficient (Wildman–Crippen LogP) is 5.51. The minimum absolute atomic E-state index is 0.856. The van der Waals surface area contributed by atoms with Crippen LogP contribution in [0.4, 0.5) is 0 Å². The van der Waals surface area contributed by atoms with E-state index in [0.29, 0.717) is 0 Å². The molecule has 1 heterocycles. The highest BCUT2D eigenvalue weighted by molar-refractivity contribution is 5.38. The van der Waals surface area contributed by atoms with Crippen molar-refractivity contribution in [3.8, 4) is 0 Å². The third-order valence-corrected chi connectivity index (χ3v) is 5.26. The maximum atomic E-state index is 4.76. The van der Waals surface area contributed by atoms with Crippen LogP contribution in [0.15, 0.2) is 36.4 Å². The number of hydrogen-bond acceptors (Lipinski definition) is 2. The number of benzene rings is 2. The molecule has 2 aromatic carbocycles. The highest BCUT2D eigenvalue weighted by atomic mass is 14.9. The molecule has 0 fully saturated rings. The van der Waals surface area contributed by atoms with Crippen molar-refractivity contribution in [3.63, 3.8) is 0 Å². The lowest BCUT2D eigenvalue weighted by molar-refractivity contribution is 0.887. The fourth-order valence-electron chi connectivity index (χ4n) is 3.37. The van der Waals surface area contributed by atoms with Gasteiger partial charge in [-0.15, -0.1) is 0 Å². The van der Waals surface area contributed by atoms with Gasteiger partial charge >= 0.3 is 0 Å². The minimum atomic E-state index is 0.856. The van der Waals surface area contributed by atoms with Crippen molar-refractivity contribution in [1.82, 2.24) is 9.97 Å². The molecule has 0 bridgehead atoms. The van der Waals surface area contributed by atoms with Gasteiger partial charge in [-0.25, -0.2) is 9.97 Å². The Morgan fingerprint density at radius 2 is 1.31 bits per heavy atom. The highest BCUT2D eigenvalue weighted by Gasteiger charge is 2.12. The Labute approximate surface area is 157 Å². The molecule has 0 N–H and O–H groups in total. The Morgan fingerprint density at radius 1 is 0.654 bits per heavy atom. The van der Waals surface area contributed by atoms with Crippen LogP contribution >= 0.6 is 0 Å². The largest absolute Gasteiger partial charge is 0.238 e. The number of aromatic nitrogens is 2. The van der Waals surface area contributed by atoms with Crippen molar-refractivity contribution in [2.75, 3.05) is 0 Å². The summed E-state index contributed by atoms with van der Waals surface area (Å²) >= 11 is 0. The summed E-state index contributed by atoms with van der Waals surface area (Å²) in [6, 6.07) is 13.3. The van der Waals surface area contributed by atoms with E-state index in [1.54, 1.807) is 0 Å². The van der Waals surface area contributed by atoms with E-state index in [2.05, 4.69) is 71.0 Å². The van der Waals surface area contributed by atoms with Gasteiger partial charge < -0.3 is 0 Å². The van der Waals surface area contributed by atoms with Gasteiger partial charge in [0.05, 0.1) is 11.4 Å². The van der Waals surface area contributed by atoms with Gasteiger partial charge in [0, 0.05) is 12.8 Å². The Hall–Kier alpha value is -2.48. The van der Waals surface area contributed by atoms with Crippen LogP contribution in [0.3, 0.4) is 0 Å². The molecule has 0 aliphatic carbocycles. The Morgan fingerprint density at radius 3 is 2.00 bits per heavy atom. The van der Waals surface area contributed by atoms with E-state index in [1.807, 2.05) is 6.92 Å². The fraction of sp³-hybridized carbons (Fsp3) is 0.333. The number of nitrogens with zero attached hydrogens (tertiary/aromatic N) is 2. The second-order valence-corrected chi connectivity index (χ2v) is 7.49. The van der Waals surface area contributed by atoms with Crippen molar-refractivity contribution >= 4 is 0 Å². The molecule has 0 saturated heterocycles. The van der Waals surface area contributed by atoms with Gasteiger partial charge in [-0.3, -0.25) is 0 Å². The standard InChI is InChI=1S/C24H28N2/c1-15-7-8-17(3)22(11-15)14-24-19(5)23(25-20(6)26-24)13-21-10-9-16(2)18(4)12-21/h7-12H,13-14H2,1-6H3. The summed E-state index contributed by atoms with van der Waals surface area (Å²) < 4.78 is 0. The molecular formula is C24H28N2. The molecule has 0 unspecified atom stereocenters. The molecule has 26 heavy (non-hydrogen) atoms. The van der Waals surface area contributed by atoms with Crippen molar-refractivity contribution in [2.24, 2.45) is 0 Å². The summed E-state index contributed by atoms with van der Waals surface area (Å²) in [7, 11) is 0. The van der Waals surface area contributed by atoms with Crippen LogP contribution in [-0.2, 0) is 12.8 Å². The van der Waals surface area contributed by atoms with Crippen LogP contribution in [0.5, 0.6) is 0 Å². The SMILES string of the molecule is Cc1ccc(C)c(Cc2nc(C)nc(Cc3ccc(C)c(C)c3)c2C)c1. The summed E-state index contributed by atoms with van der Waals surface area (Å²) in [5.74, 6) is 0.856. The Bertz CT molecular complexity index is 955. The summed E-state index contributed by atoms with van der Waals surface area (Å²) in [5, 5.41) is 0. The minimum Gasteiger partial charge on any atom is -0.238 e. The molecule has 3 aromatic rings. The van der Waals surface area contributed by atoms with Crippen molar-refractivity contribution in [3.05, 3.63) is 92.6 Å². The average molecular weight is 345 g/mol. The van der Waals surface area contributed by atoms with Gasteiger partial charge in [0.15, 0.2) is 0 Å². The van der Waals surface area contributed by atoms with Crippen LogP contribution in [0.25, 0.3) is 0 Å². The van der Waals surface area contributed by atoms with E-state index in [0.717, 1.165) is 30.1 Å². The third-order valence-electron chi connectivity index (χ3n) is 5.26. The zero-order valence-corrected chi connectivity index (χ0v) is 16.8. The number of aryl methyl sites for hydroxylation is 5. The van der Waals surface area contributed by atoms with Crippen molar-refractivity contribution in [1.29, 1.82) is 0 Å². The Kier molecular flexibility index (Phi) is 5.22. The molecule has 0 spiro atoms. The van der Waals surface area contributed by atoms with Gasteiger partial charge in [0.1, 0.15) is 5.82 Å². The average Bonchev–Trinajstić information content (AvgIpc) is 2.58. The van der Waals surface area contributed by atoms with Gasteiger partial charge in [0.2, 0.25) is 0 Å². The highest BCUT2D eigenvalue weighted by Crippen LogP contribution is 2.21. The Balaban J connectivity index is 1.95. The molecule has 0 aliphatic heterocycles. The zero-order valence-electron chi connectivity index (χ0n) is 16.8. The number of hydrogen-bond donors (Lipinski definition) is 0. The molecule has 0 aliphatic rings. The maximum absolute atomic E-state index is 4.76. The summed E-state index contributed by atoms with van der Waals surface area (Å²) in [4.78, 5) is 9.51. The molecule has 3 rings (SSSR count). The van der Waals surface area contributed by atoms with Crippen molar-refractivity contribution in [2.45, 2.75) is 54.4 Å². The molecule has 0 atom stereocenters. The molecule has 0 saturated carbocycles. The molecule has 0 amide bonds. The second kappa shape index (κ2) is 7.41. The van der Waals surface area contributed by atoms with Crippen molar-refractivity contribution < 1.29 is 0 Å². The van der Waals surface area contributed by atoms with Crippen LogP contribution < -0.4 is 0 Å². The van der Waals surface area contributed by atoms with Gasteiger partial charge in [-0.1, -0.05) is 42.0 Å². The first-order chi connectivity index (χ1) is 12.3. The van der Waals surface area contributed by atoms with E-state index in [1.165, 1.54) is 38.9 Å². The molecule has 0 radical (unpaired) electrons. The monoisotopic (exact) mass is 344 g/mol. The summed E-state index contributed by atoms with van der Waals surface area (Å²) in [5.41, 5.74) is 11.4. The molecule has 2 heteroatoms. The van der Waals surface area contributed by atoms with Gasteiger partial charge in [-0.2, -0.15) is 0 Å². The third kappa shape index (κ3) is 4.01. The summed E-state index contributed by atoms with van der Waals surface area (Å²) in [6.07, 6.45) is 1.72.